The maximum Gasteiger partial charge on any atom is 0.353 e. The highest BCUT2D eigenvalue weighted by Gasteiger charge is 2.60. The van der Waals surface area contributed by atoms with Crippen LogP contribution in [0.4, 0.5) is 0 Å². The molecule has 2 fully saturated rings. The molecule has 144 valence electrons. The van der Waals surface area contributed by atoms with Crippen LogP contribution in [0.3, 0.4) is 0 Å². The van der Waals surface area contributed by atoms with E-state index < -0.39 is 18.0 Å². The number of carbonyl (C=O) groups is 3. The monoisotopic (exact) mass is 383 g/mol. The number of hydrogen-bond acceptors (Lipinski definition) is 6. The van der Waals surface area contributed by atoms with Gasteiger partial charge < -0.3 is 25.3 Å². The van der Waals surface area contributed by atoms with E-state index in [1.54, 1.807) is 25.9 Å². The summed E-state index contributed by atoms with van der Waals surface area (Å²) in [7, 11) is 3.42. The molecule has 6 atom stereocenters. The second kappa shape index (κ2) is 6.86. The quantitative estimate of drug-likeness (QED) is 0.559. The lowest BCUT2D eigenvalue weighted by Gasteiger charge is -2.46. The Kier molecular flexibility index (Phi) is 5.06. The predicted molar refractivity (Wildman–Crippen MR) is 96.1 cm³/mol. The molecule has 8 nitrogen and oxygen atoms in total. The van der Waals surface area contributed by atoms with Gasteiger partial charge in [0.2, 0.25) is 11.8 Å². The van der Waals surface area contributed by atoms with Crippen molar-refractivity contribution in [2.24, 2.45) is 11.8 Å². The normalized spacial score (nSPS) is 34.6. The number of aliphatic carboxylic acids is 1. The second-order valence-electron chi connectivity index (χ2n) is 7.44. The number of aliphatic hydroxyl groups is 1. The highest BCUT2D eigenvalue weighted by Crippen LogP contribution is 2.51. The van der Waals surface area contributed by atoms with Crippen LogP contribution in [0.25, 0.3) is 0 Å². The number of carbonyl (C=O) groups excluding carboxylic acids is 2. The Hall–Kier alpha value is -1.58. The molecule has 3 N–H and O–H groups in total. The lowest BCUT2D eigenvalue weighted by Crippen LogP contribution is -2.63. The van der Waals surface area contributed by atoms with Crippen LogP contribution in [0.5, 0.6) is 0 Å². The largest absolute Gasteiger partial charge is 0.477 e. The molecule has 3 aliphatic rings. The Morgan fingerprint density at radius 3 is 2.58 bits per heavy atom. The number of nitrogens with zero attached hydrogens (tertiary/aromatic N) is 2. The summed E-state index contributed by atoms with van der Waals surface area (Å²) >= 11 is 1.45. The van der Waals surface area contributed by atoms with E-state index in [4.69, 9.17) is 0 Å². The first-order chi connectivity index (χ1) is 12.1. The zero-order chi connectivity index (χ0) is 19.3. The molecule has 3 heterocycles. The fourth-order valence-corrected chi connectivity index (χ4v) is 5.63. The van der Waals surface area contributed by atoms with Crippen molar-refractivity contribution in [2.45, 2.75) is 43.7 Å². The molecular weight excluding hydrogens is 358 g/mol. The highest BCUT2D eigenvalue weighted by atomic mass is 32.2. The molecule has 0 aromatic heterocycles. The molecule has 0 spiro atoms. The summed E-state index contributed by atoms with van der Waals surface area (Å²) in [6, 6.07) is -0.568. The van der Waals surface area contributed by atoms with E-state index in [9.17, 15) is 24.6 Å². The molecule has 0 unspecified atom stereocenters. The van der Waals surface area contributed by atoms with Gasteiger partial charge >= 0.3 is 5.97 Å². The van der Waals surface area contributed by atoms with Gasteiger partial charge in [0.25, 0.3) is 0 Å². The third kappa shape index (κ3) is 2.91. The van der Waals surface area contributed by atoms with Crippen molar-refractivity contribution in [1.29, 1.82) is 0 Å². The highest BCUT2D eigenvalue weighted by molar-refractivity contribution is 8.03. The molecule has 9 heteroatoms. The van der Waals surface area contributed by atoms with Gasteiger partial charge in [-0.05, 0) is 13.3 Å². The average Bonchev–Trinajstić information content (AvgIpc) is 3.09. The maximum absolute atomic E-state index is 12.3. The fourth-order valence-electron chi connectivity index (χ4n) is 4.15. The van der Waals surface area contributed by atoms with Gasteiger partial charge in [0, 0.05) is 36.7 Å². The second-order valence-corrected chi connectivity index (χ2v) is 8.78. The zero-order valence-corrected chi connectivity index (χ0v) is 16.1. The van der Waals surface area contributed by atoms with Gasteiger partial charge in [-0.2, -0.15) is 0 Å². The molecule has 0 bridgehead atoms. The number of β-lactam (4-membered cyclic amide) rings is 1. The topological polar surface area (TPSA) is 110 Å². The molecular formula is C17H25N3O5S. The smallest absolute Gasteiger partial charge is 0.353 e. The molecule has 0 radical (unpaired) electrons. The summed E-state index contributed by atoms with van der Waals surface area (Å²) in [5.74, 6) is -2.14. The van der Waals surface area contributed by atoms with Crippen molar-refractivity contribution >= 4 is 29.5 Å². The molecule has 0 saturated carbocycles. The molecule has 0 aliphatic carbocycles. The minimum atomic E-state index is -1.12. The minimum Gasteiger partial charge on any atom is -0.477 e. The van der Waals surface area contributed by atoms with Crippen LogP contribution in [0, 0.1) is 11.8 Å². The van der Waals surface area contributed by atoms with E-state index in [-0.39, 0.29) is 40.8 Å². The Morgan fingerprint density at radius 1 is 1.38 bits per heavy atom. The Morgan fingerprint density at radius 2 is 2.04 bits per heavy atom. The predicted octanol–water partition coefficient (Wildman–Crippen LogP) is -0.308. The standard InChI is InChI=1S/C17H25N3O5S/c1-7-12-11(8(2)21)16(23)20(12)13(17(24)25)14(7)26-9-5-10(18-6-9)15(22)19(3)4/h7-12,18,21H,5-6H2,1-4H3,(H,24,25)/t7-,8-,9-,10+,11-,12-/m1/s1. The van der Waals surface area contributed by atoms with Gasteiger partial charge in [0.05, 0.1) is 24.1 Å². The minimum absolute atomic E-state index is 0.00757. The average molecular weight is 383 g/mol. The third-order valence-corrected chi connectivity index (χ3v) is 6.95. The van der Waals surface area contributed by atoms with Gasteiger partial charge in [-0.3, -0.25) is 9.59 Å². The van der Waals surface area contributed by atoms with E-state index in [2.05, 4.69) is 5.32 Å². The zero-order valence-electron chi connectivity index (χ0n) is 15.3. The number of rotatable bonds is 5. The van der Waals surface area contributed by atoms with Crippen molar-refractivity contribution in [2.75, 3.05) is 20.6 Å². The number of amides is 2. The van der Waals surface area contributed by atoms with E-state index >= 15 is 0 Å². The van der Waals surface area contributed by atoms with Crippen LogP contribution in [0.15, 0.2) is 10.6 Å². The first-order valence-corrected chi connectivity index (χ1v) is 9.62. The Labute approximate surface area is 156 Å². The summed E-state index contributed by atoms with van der Waals surface area (Å²) < 4.78 is 0. The van der Waals surface area contributed by atoms with Crippen LogP contribution in [-0.2, 0) is 14.4 Å². The van der Waals surface area contributed by atoms with Gasteiger partial charge in [0.15, 0.2) is 0 Å². The van der Waals surface area contributed by atoms with Crippen LogP contribution in [0.2, 0.25) is 0 Å². The molecule has 0 aromatic carbocycles. The van der Waals surface area contributed by atoms with E-state index in [0.717, 1.165) is 0 Å². The SMILES string of the molecule is C[C@@H](O)[C@H]1C(=O)N2C(C(=O)O)=C(S[C@H]3CN[C@H](C(=O)N(C)C)C3)[C@H](C)[C@H]12. The number of carboxylic acids is 1. The molecule has 0 aromatic rings. The van der Waals surface area contributed by atoms with Gasteiger partial charge in [-0.25, -0.2) is 4.79 Å². The summed E-state index contributed by atoms with van der Waals surface area (Å²) in [5.41, 5.74) is 0.0387. The summed E-state index contributed by atoms with van der Waals surface area (Å²) in [4.78, 5) is 39.8. The molecule has 2 saturated heterocycles. The number of nitrogens with one attached hydrogen (secondary N) is 1. The van der Waals surface area contributed by atoms with Crippen molar-refractivity contribution < 1.29 is 24.6 Å². The number of hydrogen-bond donors (Lipinski definition) is 3. The summed E-state index contributed by atoms with van der Waals surface area (Å²) in [6.45, 7) is 4.08. The lowest BCUT2D eigenvalue weighted by atomic mass is 9.79. The Bertz CT molecular complexity index is 677. The number of likely N-dealkylation sites (N-methyl/N-ethyl adjacent to an activating group) is 1. The molecule has 2 amide bonds. The van der Waals surface area contributed by atoms with Crippen molar-refractivity contribution in [3.63, 3.8) is 0 Å². The third-order valence-electron chi connectivity index (χ3n) is 5.43. The van der Waals surface area contributed by atoms with Gasteiger partial charge in [-0.1, -0.05) is 6.92 Å². The van der Waals surface area contributed by atoms with E-state index in [1.807, 2.05) is 6.92 Å². The first-order valence-electron chi connectivity index (χ1n) is 8.75. The maximum atomic E-state index is 12.3. The van der Waals surface area contributed by atoms with Gasteiger partial charge in [-0.15, -0.1) is 11.8 Å². The van der Waals surface area contributed by atoms with Crippen LogP contribution in [0.1, 0.15) is 20.3 Å². The summed E-state index contributed by atoms with van der Waals surface area (Å²) in [5, 5.41) is 22.8. The number of fused-ring (bicyclic) bond motifs is 1. The van der Waals surface area contributed by atoms with Crippen molar-refractivity contribution in [3.05, 3.63) is 10.6 Å². The molecule has 26 heavy (non-hydrogen) atoms. The fraction of sp³-hybridized carbons (Fsp3) is 0.706. The molecule has 3 aliphatic heterocycles. The van der Waals surface area contributed by atoms with Crippen LogP contribution < -0.4 is 5.32 Å². The Balaban J connectivity index is 1.78. The van der Waals surface area contributed by atoms with E-state index in [0.29, 0.717) is 17.9 Å². The number of thioether (sulfide) groups is 1. The summed E-state index contributed by atoms with van der Waals surface area (Å²) in [6.07, 6.45) is -0.190. The van der Waals surface area contributed by atoms with Crippen LogP contribution >= 0.6 is 11.8 Å². The first kappa shape index (κ1) is 19.2. The van der Waals surface area contributed by atoms with Gasteiger partial charge in [0.1, 0.15) is 5.70 Å². The van der Waals surface area contributed by atoms with E-state index in [1.165, 1.54) is 16.7 Å². The molecule has 3 rings (SSSR count). The number of aliphatic hydroxyl groups excluding tert-OH is 1. The number of carboxylic acid groups (broad SMARTS) is 1. The van der Waals surface area contributed by atoms with Crippen molar-refractivity contribution in [3.8, 4) is 0 Å². The van der Waals surface area contributed by atoms with Crippen molar-refractivity contribution in [1.82, 2.24) is 15.1 Å². The lowest BCUT2D eigenvalue weighted by molar-refractivity contribution is -0.163. The van der Waals surface area contributed by atoms with Crippen LogP contribution in [-0.4, -0.2) is 81.9 Å².